The van der Waals surface area contributed by atoms with Crippen molar-refractivity contribution >= 4 is 17.2 Å². The molecule has 112 valence electrons. The van der Waals surface area contributed by atoms with E-state index in [0.717, 1.165) is 22.0 Å². The summed E-state index contributed by atoms with van der Waals surface area (Å²) < 4.78 is 5.28. The van der Waals surface area contributed by atoms with Gasteiger partial charge in [0, 0.05) is 23.9 Å². The van der Waals surface area contributed by atoms with Crippen LogP contribution in [0.15, 0.2) is 52.3 Å². The van der Waals surface area contributed by atoms with Crippen molar-refractivity contribution in [3.63, 3.8) is 0 Å². The van der Waals surface area contributed by atoms with Gasteiger partial charge in [-0.3, -0.25) is 4.79 Å². The Balaban J connectivity index is 1.54. The monoisotopic (exact) mass is 312 g/mol. The lowest BCUT2D eigenvalue weighted by Gasteiger charge is -2.01. The van der Waals surface area contributed by atoms with E-state index in [1.807, 2.05) is 42.6 Å². The molecule has 0 radical (unpaired) electrons. The second-order valence-electron chi connectivity index (χ2n) is 4.93. The predicted molar refractivity (Wildman–Crippen MR) is 87.0 cm³/mol. The van der Waals surface area contributed by atoms with Crippen molar-refractivity contribution in [3.8, 4) is 10.6 Å². The Morgan fingerprint density at radius 3 is 2.77 bits per heavy atom. The highest BCUT2D eigenvalue weighted by atomic mass is 32.1. The summed E-state index contributed by atoms with van der Waals surface area (Å²) in [5.41, 5.74) is 2.11. The Bertz CT molecular complexity index is 762. The van der Waals surface area contributed by atoms with Crippen LogP contribution in [0, 0.1) is 6.92 Å². The first-order chi connectivity index (χ1) is 10.7. The number of amides is 1. The van der Waals surface area contributed by atoms with Crippen LogP contribution in [0.2, 0.25) is 0 Å². The molecule has 0 aliphatic heterocycles. The number of nitrogens with zero attached hydrogens (tertiary/aromatic N) is 1. The first kappa shape index (κ1) is 14.5. The molecule has 1 N–H and O–H groups in total. The normalized spacial score (nSPS) is 10.6. The lowest BCUT2D eigenvalue weighted by atomic mass is 10.2. The zero-order chi connectivity index (χ0) is 15.4. The molecule has 2 aromatic heterocycles. The van der Waals surface area contributed by atoms with Crippen molar-refractivity contribution in [2.45, 2.75) is 13.3 Å². The summed E-state index contributed by atoms with van der Waals surface area (Å²) in [6.45, 7) is 2.35. The van der Waals surface area contributed by atoms with E-state index in [-0.39, 0.29) is 5.91 Å². The van der Waals surface area contributed by atoms with Gasteiger partial charge in [0.15, 0.2) is 5.76 Å². The number of hydrogen-bond donors (Lipinski definition) is 1. The van der Waals surface area contributed by atoms with Crippen molar-refractivity contribution in [2.75, 3.05) is 6.54 Å². The van der Waals surface area contributed by atoms with E-state index in [1.54, 1.807) is 23.5 Å². The second kappa shape index (κ2) is 6.58. The Morgan fingerprint density at radius 2 is 2.05 bits per heavy atom. The van der Waals surface area contributed by atoms with Crippen LogP contribution in [0.4, 0.5) is 0 Å². The fourth-order valence-corrected chi connectivity index (χ4v) is 2.94. The van der Waals surface area contributed by atoms with Gasteiger partial charge in [0.1, 0.15) is 10.8 Å². The Hall–Kier alpha value is -2.40. The molecule has 1 amide bonds. The fourth-order valence-electron chi connectivity index (χ4n) is 2.08. The number of hydrogen-bond acceptors (Lipinski definition) is 4. The third-order valence-electron chi connectivity index (χ3n) is 3.20. The van der Waals surface area contributed by atoms with Crippen molar-refractivity contribution in [3.05, 3.63) is 65.1 Å². The molecule has 0 saturated carbocycles. The molecule has 0 atom stereocenters. The van der Waals surface area contributed by atoms with E-state index >= 15 is 0 Å². The molecule has 0 fully saturated rings. The minimum absolute atomic E-state index is 0.188. The van der Waals surface area contributed by atoms with Gasteiger partial charge in [-0.25, -0.2) is 4.98 Å². The summed E-state index contributed by atoms with van der Waals surface area (Å²) in [5.74, 6) is 0.893. The smallest absolute Gasteiger partial charge is 0.287 e. The topological polar surface area (TPSA) is 55.1 Å². The maximum absolute atomic E-state index is 11.9. The third kappa shape index (κ3) is 3.43. The molecular formula is C17H16N2O2S. The third-order valence-corrected chi connectivity index (χ3v) is 4.14. The van der Waals surface area contributed by atoms with Crippen LogP contribution in [0.5, 0.6) is 0 Å². The average Bonchev–Trinajstić information content (AvgIpc) is 3.17. The molecule has 5 heteroatoms. The maximum Gasteiger partial charge on any atom is 0.287 e. The molecule has 1 aromatic carbocycles. The van der Waals surface area contributed by atoms with E-state index in [9.17, 15) is 4.79 Å². The van der Waals surface area contributed by atoms with Crippen LogP contribution in [0.1, 0.15) is 22.0 Å². The van der Waals surface area contributed by atoms with Crippen molar-refractivity contribution < 1.29 is 9.21 Å². The Labute approximate surface area is 132 Å². The van der Waals surface area contributed by atoms with E-state index in [0.29, 0.717) is 18.7 Å². The predicted octanol–water partition coefficient (Wildman–Crippen LogP) is 3.68. The van der Waals surface area contributed by atoms with Gasteiger partial charge < -0.3 is 9.73 Å². The van der Waals surface area contributed by atoms with E-state index in [1.165, 1.54) is 0 Å². The Morgan fingerprint density at radius 1 is 1.23 bits per heavy atom. The molecule has 0 unspecified atom stereocenters. The summed E-state index contributed by atoms with van der Waals surface area (Å²) in [6, 6.07) is 13.5. The van der Waals surface area contributed by atoms with Gasteiger partial charge in [-0.15, -0.1) is 11.3 Å². The molecule has 0 aliphatic rings. The number of carbonyl (C=O) groups is 1. The van der Waals surface area contributed by atoms with Gasteiger partial charge in [0.2, 0.25) is 0 Å². The zero-order valence-electron chi connectivity index (χ0n) is 12.2. The molecule has 0 aliphatic carbocycles. The van der Waals surface area contributed by atoms with Gasteiger partial charge in [0.25, 0.3) is 5.91 Å². The van der Waals surface area contributed by atoms with Crippen LogP contribution in [0.25, 0.3) is 10.6 Å². The minimum Gasteiger partial charge on any atom is -0.456 e. The quantitative estimate of drug-likeness (QED) is 0.782. The van der Waals surface area contributed by atoms with Gasteiger partial charge in [-0.1, -0.05) is 30.3 Å². The van der Waals surface area contributed by atoms with E-state index in [4.69, 9.17) is 4.42 Å². The zero-order valence-corrected chi connectivity index (χ0v) is 13.0. The molecule has 4 nitrogen and oxygen atoms in total. The Kier molecular flexibility index (Phi) is 4.34. The number of thiazole rings is 1. The number of carbonyl (C=O) groups excluding carboxylic acids is 1. The molecule has 2 heterocycles. The highest BCUT2D eigenvalue weighted by Gasteiger charge is 2.10. The number of rotatable bonds is 5. The number of benzene rings is 1. The standard InChI is InChI=1S/C17H16N2O2S/c1-12-7-8-15(21-12)16(20)18-10-9-14-11-22-17(19-14)13-5-3-2-4-6-13/h2-8,11H,9-10H2,1H3,(H,18,20). The molecule has 0 spiro atoms. The molecular weight excluding hydrogens is 296 g/mol. The number of nitrogens with one attached hydrogen (secondary N) is 1. The van der Waals surface area contributed by atoms with Crippen LogP contribution in [-0.4, -0.2) is 17.4 Å². The largest absolute Gasteiger partial charge is 0.456 e. The molecule has 0 saturated heterocycles. The van der Waals surface area contributed by atoms with Crippen molar-refractivity contribution in [1.29, 1.82) is 0 Å². The van der Waals surface area contributed by atoms with Gasteiger partial charge in [0.05, 0.1) is 5.69 Å². The molecule has 3 aromatic rings. The SMILES string of the molecule is Cc1ccc(C(=O)NCCc2csc(-c3ccccc3)n2)o1. The molecule has 22 heavy (non-hydrogen) atoms. The van der Waals surface area contributed by atoms with E-state index < -0.39 is 0 Å². The van der Waals surface area contributed by atoms with Crippen LogP contribution in [-0.2, 0) is 6.42 Å². The average molecular weight is 312 g/mol. The number of aromatic nitrogens is 1. The van der Waals surface area contributed by atoms with Crippen LogP contribution >= 0.6 is 11.3 Å². The summed E-state index contributed by atoms with van der Waals surface area (Å²) >= 11 is 1.62. The highest BCUT2D eigenvalue weighted by Crippen LogP contribution is 2.23. The highest BCUT2D eigenvalue weighted by molar-refractivity contribution is 7.13. The summed E-state index contributed by atoms with van der Waals surface area (Å²) in [7, 11) is 0. The molecule has 0 bridgehead atoms. The van der Waals surface area contributed by atoms with Gasteiger partial charge in [-0.2, -0.15) is 0 Å². The van der Waals surface area contributed by atoms with Crippen LogP contribution < -0.4 is 5.32 Å². The summed E-state index contributed by atoms with van der Waals surface area (Å²) in [4.78, 5) is 16.5. The van der Waals surface area contributed by atoms with E-state index in [2.05, 4.69) is 10.3 Å². The number of aryl methyl sites for hydroxylation is 1. The van der Waals surface area contributed by atoms with Crippen molar-refractivity contribution in [1.82, 2.24) is 10.3 Å². The summed E-state index contributed by atoms with van der Waals surface area (Å²) in [5, 5.41) is 5.88. The van der Waals surface area contributed by atoms with Crippen molar-refractivity contribution in [2.24, 2.45) is 0 Å². The fraction of sp³-hybridized carbons (Fsp3) is 0.176. The first-order valence-electron chi connectivity index (χ1n) is 7.07. The number of furan rings is 1. The lowest BCUT2D eigenvalue weighted by Crippen LogP contribution is -2.25. The first-order valence-corrected chi connectivity index (χ1v) is 7.95. The molecule has 3 rings (SSSR count). The van der Waals surface area contributed by atoms with Crippen LogP contribution in [0.3, 0.4) is 0 Å². The lowest BCUT2D eigenvalue weighted by molar-refractivity contribution is 0.0925. The maximum atomic E-state index is 11.9. The minimum atomic E-state index is -0.188. The van der Waals surface area contributed by atoms with Gasteiger partial charge >= 0.3 is 0 Å². The summed E-state index contributed by atoms with van der Waals surface area (Å²) in [6.07, 6.45) is 0.703. The van der Waals surface area contributed by atoms with Gasteiger partial charge in [-0.05, 0) is 19.1 Å². The second-order valence-corrected chi connectivity index (χ2v) is 5.78.